The Kier molecular flexibility index (Phi) is 1.72. The maximum absolute atomic E-state index is 13.0. The zero-order valence-electron chi connectivity index (χ0n) is 7.96. The number of nitrogens with zero attached hydrogens (tertiary/aromatic N) is 1. The number of hydrogen-bond donors (Lipinski definition) is 0. The molecule has 1 heterocycles. The lowest BCUT2D eigenvalue weighted by Crippen LogP contribution is -2.44. The Morgan fingerprint density at radius 3 is 2.36 bits per heavy atom. The zero-order chi connectivity index (χ0) is 10.7. The predicted octanol–water partition coefficient (Wildman–Crippen LogP) is 0.687. The van der Waals surface area contributed by atoms with Gasteiger partial charge in [-0.2, -0.15) is 0 Å². The highest BCUT2D eigenvalue weighted by Gasteiger charge is 2.76. The van der Waals surface area contributed by atoms with Gasteiger partial charge in [-0.05, 0) is 6.92 Å². The monoisotopic (exact) mass is 203 g/mol. The maximum atomic E-state index is 13.0. The van der Waals surface area contributed by atoms with Gasteiger partial charge >= 0.3 is 0 Å². The van der Waals surface area contributed by atoms with Crippen LogP contribution in [0.3, 0.4) is 0 Å². The lowest BCUT2D eigenvalue weighted by atomic mass is 10.1. The van der Waals surface area contributed by atoms with Crippen molar-refractivity contribution in [1.82, 2.24) is 4.90 Å². The van der Waals surface area contributed by atoms with Gasteiger partial charge in [0.15, 0.2) is 5.78 Å². The molecule has 1 aliphatic heterocycles. The smallest absolute Gasteiger partial charge is 0.258 e. The summed E-state index contributed by atoms with van der Waals surface area (Å²) in [4.78, 5) is 23.5. The molecule has 0 spiro atoms. The van der Waals surface area contributed by atoms with Crippen LogP contribution in [0, 0.1) is 11.8 Å². The number of carbonyl (C=O) groups excluding carboxylic acids is 2. The number of hydrogen-bond acceptors (Lipinski definition) is 2. The molecule has 1 aliphatic carbocycles. The number of alkyl halides is 2. The lowest BCUT2D eigenvalue weighted by molar-refractivity contribution is -0.138. The molecule has 0 N–H and O–H groups in total. The molecular weight excluding hydrogens is 192 g/mol. The third-order valence-electron chi connectivity index (χ3n) is 3.15. The third kappa shape index (κ3) is 1.01. The van der Waals surface area contributed by atoms with Crippen LogP contribution in [0.4, 0.5) is 8.78 Å². The highest BCUT2D eigenvalue weighted by molar-refractivity contribution is 5.88. The summed E-state index contributed by atoms with van der Waals surface area (Å²) in [7, 11) is 0. The van der Waals surface area contributed by atoms with E-state index in [0.29, 0.717) is 0 Å². The van der Waals surface area contributed by atoms with Crippen LogP contribution in [0.5, 0.6) is 0 Å². The lowest BCUT2D eigenvalue weighted by Gasteiger charge is -2.25. The highest BCUT2D eigenvalue weighted by atomic mass is 19.3. The summed E-state index contributed by atoms with van der Waals surface area (Å²) in [5.41, 5.74) is 0. The van der Waals surface area contributed by atoms with Crippen LogP contribution in [0.1, 0.15) is 13.8 Å². The summed E-state index contributed by atoms with van der Waals surface area (Å²) in [6.07, 6.45) is 0. The number of amides is 1. The van der Waals surface area contributed by atoms with Crippen LogP contribution in [-0.2, 0) is 9.59 Å². The van der Waals surface area contributed by atoms with Gasteiger partial charge in [-0.3, -0.25) is 9.59 Å². The SMILES string of the molecule is CC(=O)[C@@H]1[C@H]2[C@@H](CN1C(C)=O)C2(F)F. The van der Waals surface area contributed by atoms with Gasteiger partial charge < -0.3 is 4.90 Å². The highest BCUT2D eigenvalue weighted by Crippen LogP contribution is 2.62. The first-order chi connectivity index (χ1) is 6.37. The molecule has 2 rings (SSSR count). The van der Waals surface area contributed by atoms with E-state index in [-0.39, 0.29) is 18.2 Å². The van der Waals surface area contributed by atoms with Crippen molar-refractivity contribution in [2.75, 3.05) is 6.54 Å². The Morgan fingerprint density at radius 1 is 1.36 bits per heavy atom. The molecule has 2 fully saturated rings. The van der Waals surface area contributed by atoms with Crippen molar-refractivity contribution in [1.29, 1.82) is 0 Å². The van der Waals surface area contributed by atoms with Gasteiger partial charge in [0.25, 0.3) is 5.92 Å². The average molecular weight is 203 g/mol. The molecule has 3 atom stereocenters. The number of halogens is 2. The van der Waals surface area contributed by atoms with Crippen LogP contribution < -0.4 is 0 Å². The topological polar surface area (TPSA) is 37.4 Å². The van der Waals surface area contributed by atoms with Gasteiger partial charge in [0, 0.05) is 13.5 Å². The normalized spacial score (nSPS) is 38.0. The van der Waals surface area contributed by atoms with Gasteiger partial charge in [0.2, 0.25) is 5.91 Å². The molecule has 0 aromatic heterocycles. The van der Waals surface area contributed by atoms with Crippen LogP contribution in [0.2, 0.25) is 0 Å². The molecule has 0 aromatic rings. The molecule has 0 radical (unpaired) electrons. The molecule has 1 saturated carbocycles. The fourth-order valence-corrected chi connectivity index (χ4v) is 2.40. The van der Waals surface area contributed by atoms with Crippen LogP contribution in [-0.4, -0.2) is 35.1 Å². The third-order valence-corrected chi connectivity index (χ3v) is 3.15. The van der Waals surface area contributed by atoms with Crippen molar-refractivity contribution >= 4 is 11.7 Å². The van der Waals surface area contributed by atoms with E-state index in [4.69, 9.17) is 0 Å². The second kappa shape index (κ2) is 2.52. The number of carbonyl (C=O) groups is 2. The molecule has 5 heteroatoms. The Labute approximate surface area is 80.1 Å². The summed E-state index contributed by atoms with van der Waals surface area (Å²) >= 11 is 0. The minimum Gasteiger partial charge on any atom is -0.332 e. The molecule has 78 valence electrons. The Bertz CT molecular complexity index is 316. The second-order valence-electron chi connectivity index (χ2n) is 4.03. The minimum atomic E-state index is -2.73. The van der Waals surface area contributed by atoms with Crippen molar-refractivity contribution in [2.45, 2.75) is 25.8 Å². The van der Waals surface area contributed by atoms with E-state index in [1.54, 1.807) is 0 Å². The minimum absolute atomic E-state index is 0.0250. The first kappa shape index (κ1) is 9.55. The molecule has 1 amide bonds. The van der Waals surface area contributed by atoms with E-state index in [0.717, 1.165) is 0 Å². The summed E-state index contributed by atoms with van der Waals surface area (Å²) in [6, 6.07) is -0.896. The summed E-state index contributed by atoms with van der Waals surface area (Å²) in [5.74, 6) is -5.09. The van der Waals surface area contributed by atoms with Crippen LogP contribution >= 0.6 is 0 Å². The van der Waals surface area contributed by atoms with Gasteiger partial charge in [0.05, 0.1) is 17.9 Å². The van der Waals surface area contributed by atoms with E-state index in [2.05, 4.69) is 0 Å². The summed E-state index contributed by atoms with van der Waals surface area (Å²) < 4.78 is 26.0. The van der Waals surface area contributed by atoms with Crippen molar-refractivity contribution in [3.63, 3.8) is 0 Å². The Morgan fingerprint density at radius 2 is 1.93 bits per heavy atom. The Balaban J connectivity index is 2.23. The number of fused-ring (bicyclic) bond motifs is 1. The Hall–Kier alpha value is -1.00. The number of ketones is 1. The molecule has 2 aliphatic rings. The molecule has 14 heavy (non-hydrogen) atoms. The fourth-order valence-electron chi connectivity index (χ4n) is 2.40. The molecule has 3 nitrogen and oxygen atoms in total. The van der Waals surface area contributed by atoms with E-state index in [9.17, 15) is 18.4 Å². The number of piperidine rings is 1. The van der Waals surface area contributed by atoms with Crippen LogP contribution in [0.25, 0.3) is 0 Å². The van der Waals surface area contributed by atoms with Gasteiger partial charge in [0.1, 0.15) is 0 Å². The number of rotatable bonds is 1. The van der Waals surface area contributed by atoms with Gasteiger partial charge in [-0.1, -0.05) is 0 Å². The van der Waals surface area contributed by atoms with Crippen molar-refractivity contribution < 1.29 is 18.4 Å². The van der Waals surface area contributed by atoms with Crippen molar-refractivity contribution in [2.24, 2.45) is 11.8 Å². The predicted molar refractivity (Wildman–Crippen MR) is 43.8 cm³/mol. The largest absolute Gasteiger partial charge is 0.332 e. The van der Waals surface area contributed by atoms with E-state index in [1.165, 1.54) is 18.7 Å². The summed E-state index contributed by atoms with van der Waals surface area (Å²) in [5, 5.41) is 0. The maximum Gasteiger partial charge on any atom is 0.258 e. The number of Topliss-reactive ketones (excluding diaryl/α,β-unsaturated/α-hetero) is 1. The first-order valence-corrected chi connectivity index (χ1v) is 4.53. The van der Waals surface area contributed by atoms with Gasteiger partial charge in [-0.25, -0.2) is 8.78 Å². The van der Waals surface area contributed by atoms with Crippen molar-refractivity contribution in [3.05, 3.63) is 0 Å². The summed E-state index contributed by atoms with van der Waals surface area (Å²) in [6.45, 7) is 2.59. The molecule has 0 unspecified atom stereocenters. The van der Waals surface area contributed by atoms with Crippen LogP contribution in [0.15, 0.2) is 0 Å². The molecule has 0 aromatic carbocycles. The number of likely N-dealkylation sites (tertiary alicyclic amines) is 1. The van der Waals surface area contributed by atoms with Gasteiger partial charge in [-0.15, -0.1) is 0 Å². The standard InChI is InChI=1S/C9H11F2NO2/c1-4(13)8-7-6(9(7,10)11)3-12(8)5(2)14/h6-8H,3H2,1-2H3/t6-,7-,8-/m1/s1. The van der Waals surface area contributed by atoms with E-state index < -0.39 is 23.8 Å². The quantitative estimate of drug-likeness (QED) is 0.628. The zero-order valence-corrected chi connectivity index (χ0v) is 7.96. The van der Waals surface area contributed by atoms with Crippen molar-refractivity contribution in [3.8, 4) is 0 Å². The average Bonchev–Trinajstić information content (AvgIpc) is 2.47. The second-order valence-corrected chi connectivity index (χ2v) is 4.03. The molecular formula is C9H11F2NO2. The molecule has 1 saturated heterocycles. The first-order valence-electron chi connectivity index (χ1n) is 4.53. The van der Waals surface area contributed by atoms with E-state index in [1.807, 2.05) is 0 Å². The molecule has 0 bridgehead atoms. The fraction of sp³-hybridized carbons (Fsp3) is 0.778. The van der Waals surface area contributed by atoms with E-state index >= 15 is 0 Å².